The number of carbonyl (C=O) groups is 2. The van der Waals surface area contributed by atoms with Crippen LogP contribution in [0, 0.1) is 0 Å². The molecule has 0 aromatic carbocycles. The van der Waals surface area contributed by atoms with Gasteiger partial charge in [-0.1, -0.05) is 164 Å². The highest BCUT2D eigenvalue weighted by Gasteiger charge is 2.54. The minimum Gasteiger partial charge on any atom is -0.462 e. The molecular weight excluding hydrogens is 946 g/mol. The van der Waals surface area contributed by atoms with Gasteiger partial charge in [0.05, 0.1) is 12.7 Å². The Morgan fingerprint density at radius 3 is 1.60 bits per heavy atom. The van der Waals surface area contributed by atoms with Gasteiger partial charge in [0, 0.05) is 12.8 Å². The second-order valence-corrected chi connectivity index (χ2v) is 20.3. The summed E-state index contributed by atoms with van der Waals surface area (Å²) in [7, 11) is -10.7. The van der Waals surface area contributed by atoms with Gasteiger partial charge in [-0.25, -0.2) is 9.13 Å². The molecule has 0 aromatic heterocycles. The molecule has 1 aliphatic rings. The van der Waals surface area contributed by atoms with Crippen molar-refractivity contribution in [3.8, 4) is 0 Å². The van der Waals surface area contributed by atoms with E-state index in [2.05, 4.69) is 42.7 Å². The van der Waals surface area contributed by atoms with Gasteiger partial charge in [-0.05, 0) is 70.6 Å². The molecule has 0 aliphatic heterocycles. The summed E-state index contributed by atoms with van der Waals surface area (Å²) in [6.45, 7) is 2.92. The molecule has 70 heavy (non-hydrogen) atoms. The molecule has 0 aromatic rings. The molecule has 0 saturated heterocycles. The van der Waals surface area contributed by atoms with Crippen molar-refractivity contribution in [1.82, 2.24) is 0 Å². The van der Waals surface area contributed by atoms with Gasteiger partial charge in [-0.3, -0.25) is 23.2 Å². The standard InChI is InChI=1S/C51H88O17P2/c1-3-5-7-8-9-10-11-12-13-14-15-16-17-18-21-25-28-31-35-39-45(54)66-43(41-65-70(62,63)68-51-48(57)46(55)47(56)50(49(51)58)67-69(59,60)61)40-64-44(53)38-34-30-27-24-22-19-20-23-26-29-33-37-42(52)36-32-6-4-2/h9-10,12-13,19-20,24,26-27,29,33,37,42-43,46-52,55-58H,3-8,11,14-18,21-23,25,28,30-32,34-36,38-41H2,1-2H3,(H,62,63)(H2,59,60,61)/b10-9-,13-12-,20-19-,27-24-,29-26-,37-33+/t42-,43-,46?,47?,48?,49?,50-,51+/m1/s1. The van der Waals surface area contributed by atoms with E-state index in [1.54, 1.807) is 6.08 Å². The minimum absolute atomic E-state index is 0.0152. The van der Waals surface area contributed by atoms with Crippen LogP contribution in [0.1, 0.15) is 174 Å². The van der Waals surface area contributed by atoms with E-state index < -0.39 is 89.6 Å². The number of hydrogen-bond acceptors (Lipinski definition) is 14. The number of esters is 2. The summed E-state index contributed by atoms with van der Waals surface area (Å²) in [5, 5.41) is 51.2. The van der Waals surface area contributed by atoms with Crippen LogP contribution in [0.25, 0.3) is 0 Å². The van der Waals surface area contributed by atoms with Crippen molar-refractivity contribution in [2.24, 2.45) is 0 Å². The first kappa shape index (κ1) is 65.4. The Kier molecular flexibility index (Phi) is 38.2. The number of rotatable bonds is 42. The van der Waals surface area contributed by atoms with Gasteiger partial charge >= 0.3 is 27.6 Å². The molecule has 9 atom stereocenters. The molecule has 1 rings (SSSR count). The quantitative estimate of drug-likeness (QED) is 0.00929. The number of unbranched alkanes of at least 4 members (excludes halogenated alkanes) is 15. The van der Waals surface area contributed by atoms with Crippen molar-refractivity contribution < 1.29 is 82.0 Å². The highest BCUT2D eigenvalue weighted by Crippen LogP contribution is 2.49. The lowest BCUT2D eigenvalue weighted by Crippen LogP contribution is -2.64. The van der Waals surface area contributed by atoms with Crippen molar-refractivity contribution in [2.75, 3.05) is 13.2 Å². The molecular formula is C51H88O17P2. The maximum absolute atomic E-state index is 13.0. The largest absolute Gasteiger partial charge is 0.472 e. The average molecular weight is 1040 g/mol. The summed E-state index contributed by atoms with van der Waals surface area (Å²) in [6, 6.07) is 0. The number of allylic oxidation sites excluding steroid dienone is 11. The van der Waals surface area contributed by atoms with Crippen LogP contribution < -0.4 is 0 Å². The van der Waals surface area contributed by atoms with E-state index in [1.807, 2.05) is 42.5 Å². The van der Waals surface area contributed by atoms with Gasteiger partial charge in [0.25, 0.3) is 0 Å². The zero-order valence-corrected chi connectivity index (χ0v) is 43.6. The normalized spacial score (nSPS) is 22.0. The molecule has 19 heteroatoms. The predicted molar refractivity (Wildman–Crippen MR) is 270 cm³/mol. The van der Waals surface area contributed by atoms with Gasteiger partial charge in [-0.15, -0.1) is 0 Å². The van der Waals surface area contributed by atoms with Crippen LogP contribution in [0.4, 0.5) is 0 Å². The predicted octanol–water partition coefficient (Wildman–Crippen LogP) is 9.37. The van der Waals surface area contributed by atoms with Gasteiger partial charge in [0.1, 0.15) is 43.2 Å². The number of phosphoric ester groups is 2. The van der Waals surface area contributed by atoms with E-state index in [1.165, 1.54) is 38.5 Å². The van der Waals surface area contributed by atoms with E-state index in [4.69, 9.17) is 18.5 Å². The molecule has 1 fully saturated rings. The molecule has 0 heterocycles. The molecule has 1 saturated carbocycles. The Morgan fingerprint density at radius 1 is 0.529 bits per heavy atom. The summed E-state index contributed by atoms with van der Waals surface area (Å²) in [6.07, 6.45) is 31.7. The summed E-state index contributed by atoms with van der Waals surface area (Å²) < 4.78 is 49.4. The minimum atomic E-state index is -5.38. The second kappa shape index (κ2) is 40.8. The summed E-state index contributed by atoms with van der Waals surface area (Å²) in [5.74, 6) is -1.31. The second-order valence-electron chi connectivity index (χ2n) is 17.7. The zero-order valence-electron chi connectivity index (χ0n) is 41.8. The van der Waals surface area contributed by atoms with Crippen molar-refractivity contribution >= 4 is 27.6 Å². The Hall–Kier alpha value is -2.60. The lowest BCUT2D eigenvalue weighted by atomic mass is 9.85. The maximum Gasteiger partial charge on any atom is 0.472 e. The van der Waals surface area contributed by atoms with Crippen molar-refractivity contribution in [3.05, 3.63) is 72.9 Å². The van der Waals surface area contributed by atoms with Crippen molar-refractivity contribution in [2.45, 2.75) is 223 Å². The van der Waals surface area contributed by atoms with E-state index >= 15 is 0 Å². The molecule has 0 bridgehead atoms. The molecule has 5 unspecified atom stereocenters. The van der Waals surface area contributed by atoms with Gasteiger partial charge in [0.15, 0.2) is 6.10 Å². The third-order valence-corrected chi connectivity index (χ3v) is 12.9. The number of aliphatic hydroxyl groups is 5. The fourth-order valence-electron chi connectivity index (χ4n) is 7.34. The third kappa shape index (κ3) is 34.7. The van der Waals surface area contributed by atoms with Gasteiger partial charge in [-0.2, -0.15) is 0 Å². The maximum atomic E-state index is 13.0. The Bertz CT molecular complexity index is 1640. The number of carbonyl (C=O) groups excluding carboxylic acids is 2. The molecule has 0 radical (unpaired) electrons. The number of aliphatic hydroxyl groups excluding tert-OH is 5. The van der Waals surface area contributed by atoms with Crippen LogP contribution in [-0.2, 0) is 41.8 Å². The Morgan fingerprint density at radius 2 is 1.01 bits per heavy atom. The molecule has 17 nitrogen and oxygen atoms in total. The first-order valence-electron chi connectivity index (χ1n) is 25.6. The van der Waals surface area contributed by atoms with Crippen LogP contribution in [0.2, 0.25) is 0 Å². The van der Waals surface area contributed by atoms with Crippen molar-refractivity contribution in [1.29, 1.82) is 0 Å². The molecule has 8 N–H and O–H groups in total. The van der Waals surface area contributed by atoms with Crippen molar-refractivity contribution in [3.63, 3.8) is 0 Å². The first-order chi connectivity index (χ1) is 33.5. The zero-order chi connectivity index (χ0) is 51.9. The summed E-state index contributed by atoms with van der Waals surface area (Å²) >= 11 is 0. The topological polar surface area (TPSA) is 276 Å². The van der Waals surface area contributed by atoms with Gasteiger partial charge < -0.3 is 49.7 Å². The monoisotopic (exact) mass is 1030 g/mol. The van der Waals surface area contributed by atoms with Crippen LogP contribution in [0.3, 0.4) is 0 Å². The smallest absolute Gasteiger partial charge is 0.462 e. The number of hydrogen-bond donors (Lipinski definition) is 8. The lowest BCUT2D eigenvalue weighted by Gasteiger charge is -2.43. The van der Waals surface area contributed by atoms with E-state index in [0.29, 0.717) is 25.7 Å². The van der Waals surface area contributed by atoms with Gasteiger partial charge in [0.2, 0.25) is 0 Å². The Labute approximate surface area is 417 Å². The van der Waals surface area contributed by atoms with Crippen LogP contribution in [0.5, 0.6) is 0 Å². The fraction of sp³-hybridized carbons (Fsp3) is 0.725. The molecule has 1 aliphatic carbocycles. The lowest BCUT2D eigenvalue weighted by molar-refractivity contribution is -0.216. The highest BCUT2D eigenvalue weighted by atomic mass is 31.2. The van der Waals surface area contributed by atoms with E-state index in [-0.39, 0.29) is 12.8 Å². The first-order valence-corrected chi connectivity index (χ1v) is 28.6. The third-order valence-electron chi connectivity index (χ3n) is 11.4. The van der Waals surface area contributed by atoms with E-state index in [9.17, 15) is 58.9 Å². The van der Waals surface area contributed by atoms with E-state index in [0.717, 1.165) is 83.5 Å². The molecule has 0 spiro atoms. The average Bonchev–Trinajstić information content (AvgIpc) is 3.31. The molecule has 404 valence electrons. The van der Waals surface area contributed by atoms with Crippen LogP contribution in [0.15, 0.2) is 72.9 Å². The van der Waals surface area contributed by atoms with Crippen LogP contribution in [-0.4, -0.2) is 114 Å². The SMILES string of the molecule is CCCCC/C=C\C/C=C\CCCCCCCCCCCC(=O)O[C@H](COC(=O)CCC/C=C\C/C=C\C/C=C\C=C\[C@H](O)CCCCC)COP(=O)(O)O[C@H]1C(O)C(O)C(O)[C@@H](OP(=O)(O)O)C1O. The summed E-state index contributed by atoms with van der Waals surface area (Å²) in [5.41, 5.74) is 0. The number of ether oxygens (including phenoxy) is 2. The molecule has 0 amide bonds. The van der Waals surface area contributed by atoms with Crippen LogP contribution >= 0.6 is 15.6 Å². The summed E-state index contributed by atoms with van der Waals surface area (Å²) in [4.78, 5) is 54.4. The number of phosphoric acid groups is 2. The Balaban J connectivity index is 2.61. The fourth-order valence-corrected chi connectivity index (χ4v) is 8.87. The highest BCUT2D eigenvalue weighted by molar-refractivity contribution is 7.47.